The molecule has 0 aliphatic carbocycles. The Morgan fingerprint density at radius 3 is 2.63 bits per heavy atom. The van der Waals surface area contributed by atoms with Crippen LogP contribution < -0.4 is 4.74 Å². The number of benzene rings is 1. The highest BCUT2D eigenvalue weighted by atomic mass is 16.5. The number of nitrogens with one attached hydrogen (secondary N) is 1. The largest absolute Gasteiger partial charge is 0.463 e. The van der Waals surface area contributed by atoms with Crippen molar-refractivity contribution in [3.63, 3.8) is 0 Å². The zero-order valence-corrected chi connectivity index (χ0v) is 18.1. The smallest absolute Gasteiger partial charge is 0.317 e. The Bertz CT molecular complexity index is 930. The van der Waals surface area contributed by atoms with E-state index in [-0.39, 0.29) is 0 Å². The van der Waals surface area contributed by atoms with Gasteiger partial charge in [0, 0.05) is 44.9 Å². The fourth-order valence-electron chi connectivity index (χ4n) is 4.01. The van der Waals surface area contributed by atoms with Gasteiger partial charge in [0.05, 0.1) is 29.9 Å². The highest BCUT2D eigenvalue weighted by molar-refractivity contribution is 5.78. The monoisotopic (exact) mass is 408 g/mol. The van der Waals surface area contributed by atoms with E-state index < -0.39 is 0 Å². The molecule has 4 rings (SSSR count). The fourth-order valence-corrected chi connectivity index (χ4v) is 4.01. The van der Waals surface area contributed by atoms with Gasteiger partial charge in [0.1, 0.15) is 0 Å². The number of rotatable bonds is 9. The van der Waals surface area contributed by atoms with E-state index in [0.29, 0.717) is 18.7 Å². The first-order chi connectivity index (χ1) is 14.7. The topological polar surface area (TPSA) is 63.3 Å². The Labute approximate surface area is 178 Å². The van der Waals surface area contributed by atoms with Gasteiger partial charge in [-0.05, 0) is 30.4 Å². The van der Waals surface area contributed by atoms with Crippen molar-refractivity contribution in [3.05, 3.63) is 53.3 Å². The second-order valence-electron chi connectivity index (χ2n) is 8.14. The van der Waals surface area contributed by atoms with Crippen molar-refractivity contribution in [2.24, 2.45) is 0 Å². The summed E-state index contributed by atoms with van der Waals surface area (Å²) < 4.78 is 11.2. The van der Waals surface area contributed by atoms with Gasteiger partial charge >= 0.3 is 6.01 Å². The SMILES string of the molecule is CCCCOc1ncc2[nH]cc(Cc3ccc(CN4CCC(OC)CC4)cc3)c2n1. The van der Waals surface area contributed by atoms with Crippen LogP contribution in [0.15, 0.2) is 36.7 Å². The minimum absolute atomic E-state index is 0.432. The molecule has 0 atom stereocenters. The van der Waals surface area contributed by atoms with E-state index in [1.165, 1.54) is 16.7 Å². The number of H-pyrrole nitrogens is 1. The van der Waals surface area contributed by atoms with Gasteiger partial charge < -0.3 is 14.5 Å². The lowest BCUT2D eigenvalue weighted by atomic mass is 10.0. The number of likely N-dealkylation sites (tertiary alicyclic amines) is 1. The van der Waals surface area contributed by atoms with E-state index >= 15 is 0 Å². The Morgan fingerprint density at radius 2 is 1.90 bits per heavy atom. The van der Waals surface area contributed by atoms with Gasteiger partial charge in [-0.15, -0.1) is 0 Å². The second-order valence-corrected chi connectivity index (χ2v) is 8.14. The molecule has 2 aromatic heterocycles. The molecule has 0 saturated carbocycles. The number of nitrogens with zero attached hydrogens (tertiary/aromatic N) is 3. The van der Waals surface area contributed by atoms with Gasteiger partial charge in [-0.2, -0.15) is 4.98 Å². The molecule has 1 aromatic carbocycles. The summed E-state index contributed by atoms with van der Waals surface area (Å²) in [7, 11) is 1.82. The summed E-state index contributed by atoms with van der Waals surface area (Å²) in [6, 6.07) is 9.43. The van der Waals surface area contributed by atoms with Crippen LogP contribution in [-0.2, 0) is 17.7 Å². The zero-order valence-electron chi connectivity index (χ0n) is 18.1. The molecule has 3 heterocycles. The molecule has 0 bridgehead atoms. The highest BCUT2D eigenvalue weighted by Crippen LogP contribution is 2.22. The number of unbranched alkanes of at least 4 members (excludes halogenated alkanes) is 1. The molecule has 0 spiro atoms. The lowest BCUT2D eigenvalue weighted by Gasteiger charge is -2.31. The fraction of sp³-hybridized carbons (Fsp3) is 0.500. The standard InChI is InChI=1S/C24H32N4O2/c1-3-4-13-30-24-26-16-22-23(27-24)20(15-25-22)14-18-5-7-19(8-6-18)17-28-11-9-21(29-2)10-12-28/h5-8,15-16,21,25H,3-4,9-14,17H2,1-2H3. The van der Waals surface area contributed by atoms with Crippen LogP contribution in [0, 0.1) is 0 Å². The maximum Gasteiger partial charge on any atom is 0.317 e. The molecular formula is C24H32N4O2. The molecule has 3 aromatic rings. The van der Waals surface area contributed by atoms with Crippen molar-refractivity contribution in [2.75, 3.05) is 26.8 Å². The van der Waals surface area contributed by atoms with E-state index in [1.807, 2.05) is 19.5 Å². The Balaban J connectivity index is 1.38. The number of aromatic amines is 1. The number of hydrogen-bond donors (Lipinski definition) is 1. The van der Waals surface area contributed by atoms with Crippen LogP contribution in [0.5, 0.6) is 6.01 Å². The quantitative estimate of drug-likeness (QED) is 0.534. The first kappa shape index (κ1) is 20.8. The van der Waals surface area contributed by atoms with Crippen molar-refractivity contribution in [2.45, 2.75) is 51.7 Å². The predicted molar refractivity (Wildman–Crippen MR) is 119 cm³/mol. The predicted octanol–water partition coefficient (Wildman–Crippen LogP) is 4.34. The number of piperidine rings is 1. The van der Waals surface area contributed by atoms with Crippen molar-refractivity contribution in [1.82, 2.24) is 19.9 Å². The Morgan fingerprint density at radius 1 is 1.13 bits per heavy atom. The Kier molecular flexibility index (Phi) is 6.97. The molecule has 1 aliphatic heterocycles. The molecule has 1 aliphatic rings. The summed E-state index contributed by atoms with van der Waals surface area (Å²) in [4.78, 5) is 14.7. The van der Waals surface area contributed by atoms with E-state index in [0.717, 1.165) is 62.8 Å². The Hall–Kier alpha value is -2.44. The first-order valence-electron chi connectivity index (χ1n) is 11.0. The summed E-state index contributed by atoms with van der Waals surface area (Å²) in [5.74, 6) is 0. The molecule has 6 heteroatoms. The summed E-state index contributed by atoms with van der Waals surface area (Å²) in [5, 5.41) is 0. The van der Waals surface area contributed by atoms with Crippen molar-refractivity contribution in [1.29, 1.82) is 0 Å². The second kappa shape index (κ2) is 10.0. The first-order valence-corrected chi connectivity index (χ1v) is 11.0. The van der Waals surface area contributed by atoms with Gasteiger partial charge in [0.2, 0.25) is 0 Å². The highest BCUT2D eigenvalue weighted by Gasteiger charge is 2.18. The molecule has 0 radical (unpaired) electrons. The average molecular weight is 409 g/mol. The third-order valence-corrected chi connectivity index (χ3v) is 5.89. The maximum atomic E-state index is 5.68. The normalized spacial score (nSPS) is 15.7. The summed E-state index contributed by atoms with van der Waals surface area (Å²) >= 11 is 0. The number of methoxy groups -OCH3 is 1. The van der Waals surface area contributed by atoms with Crippen LogP contribution in [0.2, 0.25) is 0 Å². The number of hydrogen-bond acceptors (Lipinski definition) is 5. The third-order valence-electron chi connectivity index (χ3n) is 5.89. The minimum atomic E-state index is 0.432. The minimum Gasteiger partial charge on any atom is -0.463 e. The van der Waals surface area contributed by atoms with Crippen LogP contribution in [-0.4, -0.2) is 52.8 Å². The lowest BCUT2D eigenvalue weighted by molar-refractivity contribution is 0.0388. The van der Waals surface area contributed by atoms with Gasteiger partial charge in [0.25, 0.3) is 0 Å². The number of aromatic nitrogens is 3. The summed E-state index contributed by atoms with van der Waals surface area (Å²) in [6.07, 6.45) is 9.47. The lowest BCUT2D eigenvalue weighted by Crippen LogP contribution is -2.36. The molecule has 30 heavy (non-hydrogen) atoms. The van der Waals surface area contributed by atoms with Crippen LogP contribution >= 0.6 is 0 Å². The van der Waals surface area contributed by atoms with Crippen molar-refractivity contribution >= 4 is 11.0 Å². The van der Waals surface area contributed by atoms with E-state index in [2.05, 4.69) is 51.0 Å². The average Bonchev–Trinajstić information content (AvgIpc) is 3.18. The molecular weight excluding hydrogens is 376 g/mol. The van der Waals surface area contributed by atoms with Gasteiger partial charge in [-0.25, -0.2) is 4.98 Å². The van der Waals surface area contributed by atoms with Crippen molar-refractivity contribution < 1.29 is 9.47 Å². The van der Waals surface area contributed by atoms with E-state index in [4.69, 9.17) is 9.47 Å². The van der Waals surface area contributed by atoms with Gasteiger partial charge in [-0.1, -0.05) is 37.6 Å². The molecule has 1 saturated heterocycles. The molecule has 1 N–H and O–H groups in total. The molecule has 160 valence electrons. The number of ether oxygens (including phenoxy) is 2. The molecule has 1 fully saturated rings. The number of fused-ring (bicyclic) bond motifs is 1. The van der Waals surface area contributed by atoms with Gasteiger partial charge in [-0.3, -0.25) is 4.90 Å². The van der Waals surface area contributed by atoms with E-state index in [9.17, 15) is 0 Å². The van der Waals surface area contributed by atoms with Gasteiger partial charge in [0.15, 0.2) is 0 Å². The van der Waals surface area contributed by atoms with Crippen LogP contribution in [0.3, 0.4) is 0 Å². The van der Waals surface area contributed by atoms with Crippen LogP contribution in [0.1, 0.15) is 49.3 Å². The van der Waals surface area contributed by atoms with E-state index in [1.54, 1.807) is 0 Å². The molecule has 6 nitrogen and oxygen atoms in total. The molecule has 0 amide bonds. The zero-order chi connectivity index (χ0) is 20.8. The third kappa shape index (κ3) is 5.18. The summed E-state index contributed by atoms with van der Waals surface area (Å²) in [6.45, 7) is 6.03. The van der Waals surface area contributed by atoms with Crippen LogP contribution in [0.25, 0.3) is 11.0 Å². The molecule has 0 unspecified atom stereocenters. The maximum absolute atomic E-state index is 5.68. The summed E-state index contributed by atoms with van der Waals surface area (Å²) in [5.41, 5.74) is 5.71. The van der Waals surface area contributed by atoms with Crippen molar-refractivity contribution in [3.8, 4) is 6.01 Å². The van der Waals surface area contributed by atoms with Crippen LogP contribution in [0.4, 0.5) is 0 Å².